The summed E-state index contributed by atoms with van der Waals surface area (Å²) in [6.45, 7) is 1.53. The molecule has 0 aliphatic carbocycles. The first-order valence-electron chi connectivity index (χ1n) is 8.09. The lowest BCUT2D eigenvalue weighted by molar-refractivity contribution is 0.0986. The number of hydrogen-bond acceptors (Lipinski definition) is 2. The number of rotatable bonds is 2. The van der Waals surface area contributed by atoms with E-state index in [1.54, 1.807) is 0 Å². The number of aromatic nitrogens is 1. The van der Waals surface area contributed by atoms with E-state index in [2.05, 4.69) is 18.0 Å². The van der Waals surface area contributed by atoms with Crippen LogP contribution in [0.4, 0.5) is 11.4 Å². The zero-order chi connectivity index (χ0) is 16.5. The Morgan fingerprint density at radius 2 is 1.62 bits per heavy atom. The molecule has 2 heterocycles. The van der Waals surface area contributed by atoms with E-state index in [4.69, 9.17) is 0 Å². The van der Waals surface area contributed by atoms with Crippen LogP contribution in [0.5, 0.6) is 0 Å². The molecule has 0 spiro atoms. The number of hydrogen-bond donors (Lipinski definition) is 0. The minimum Gasteiger partial charge on any atom is -0.371 e. The largest absolute Gasteiger partial charge is 0.371 e. The van der Waals surface area contributed by atoms with Crippen molar-refractivity contribution in [3.05, 3.63) is 78.6 Å². The molecular formula is C20H19N3O. The van der Waals surface area contributed by atoms with Crippen LogP contribution < -0.4 is 9.80 Å². The Bertz CT molecular complexity index is 870. The number of amides is 1. The van der Waals surface area contributed by atoms with Gasteiger partial charge in [-0.15, -0.1) is 0 Å². The number of nitrogens with zero attached hydrogens (tertiary/aromatic N) is 3. The van der Waals surface area contributed by atoms with Crippen LogP contribution in [-0.2, 0) is 0 Å². The van der Waals surface area contributed by atoms with Gasteiger partial charge in [0.25, 0.3) is 5.91 Å². The van der Waals surface area contributed by atoms with Gasteiger partial charge in [0, 0.05) is 43.8 Å². The molecule has 120 valence electrons. The maximum absolute atomic E-state index is 13.1. The van der Waals surface area contributed by atoms with Gasteiger partial charge >= 0.3 is 0 Å². The lowest BCUT2D eigenvalue weighted by atomic mass is 10.1. The Balaban J connectivity index is 1.70. The molecule has 0 atom stereocenters. The molecule has 4 rings (SSSR count). The predicted octanol–water partition coefficient (Wildman–Crippen LogP) is 3.57. The zero-order valence-electron chi connectivity index (χ0n) is 13.6. The topological polar surface area (TPSA) is 28.5 Å². The molecule has 3 aromatic rings. The number of para-hydroxylation sites is 2. The molecule has 2 aromatic carbocycles. The molecule has 0 radical (unpaired) electrons. The van der Waals surface area contributed by atoms with Crippen molar-refractivity contribution in [3.8, 4) is 5.69 Å². The molecule has 1 aliphatic heterocycles. The van der Waals surface area contributed by atoms with Crippen molar-refractivity contribution in [1.29, 1.82) is 0 Å². The van der Waals surface area contributed by atoms with Crippen LogP contribution in [0, 0.1) is 0 Å². The molecule has 24 heavy (non-hydrogen) atoms. The van der Waals surface area contributed by atoms with E-state index in [0.29, 0.717) is 12.1 Å². The summed E-state index contributed by atoms with van der Waals surface area (Å²) in [7, 11) is 2.06. The molecule has 0 N–H and O–H groups in total. The highest BCUT2D eigenvalue weighted by Gasteiger charge is 2.25. The summed E-state index contributed by atoms with van der Waals surface area (Å²) in [6.07, 6.45) is 3.96. The maximum Gasteiger partial charge on any atom is 0.258 e. The fourth-order valence-electron chi connectivity index (χ4n) is 3.18. The fraction of sp³-hybridized carbons (Fsp3) is 0.150. The third-order valence-electron chi connectivity index (χ3n) is 4.48. The third-order valence-corrected chi connectivity index (χ3v) is 4.48. The van der Waals surface area contributed by atoms with Crippen molar-refractivity contribution in [1.82, 2.24) is 4.57 Å². The lowest BCUT2D eigenvalue weighted by Crippen LogP contribution is -2.42. The highest BCUT2D eigenvalue weighted by molar-refractivity contribution is 6.08. The van der Waals surface area contributed by atoms with Crippen molar-refractivity contribution in [3.63, 3.8) is 0 Å². The Kier molecular flexibility index (Phi) is 3.58. The van der Waals surface area contributed by atoms with E-state index in [1.165, 1.54) is 0 Å². The average Bonchev–Trinajstić information content (AvgIpc) is 3.17. The molecule has 0 fully saturated rings. The second-order valence-corrected chi connectivity index (χ2v) is 6.01. The molecule has 0 saturated carbocycles. The minimum atomic E-state index is 0.0459. The van der Waals surface area contributed by atoms with Gasteiger partial charge in [0.15, 0.2) is 0 Å². The zero-order valence-corrected chi connectivity index (χ0v) is 13.6. The van der Waals surface area contributed by atoms with Gasteiger partial charge < -0.3 is 14.4 Å². The number of carbonyl (C=O) groups excluding carboxylic acids is 1. The second kappa shape index (κ2) is 5.89. The van der Waals surface area contributed by atoms with Gasteiger partial charge in [-0.25, -0.2) is 0 Å². The summed E-state index contributed by atoms with van der Waals surface area (Å²) < 4.78 is 2.01. The second-order valence-electron chi connectivity index (χ2n) is 6.01. The Morgan fingerprint density at radius 3 is 2.42 bits per heavy atom. The first-order valence-corrected chi connectivity index (χ1v) is 8.09. The molecule has 0 bridgehead atoms. The quantitative estimate of drug-likeness (QED) is 0.723. The normalized spacial score (nSPS) is 13.7. The van der Waals surface area contributed by atoms with Crippen LogP contribution in [0.15, 0.2) is 73.1 Å². The van der Waals surface area contributed by atoms with Crippen molar-refractivity contribution >= 4 is 17.3 Å². The standard InChI is InChI=1S/C20H19N3O/c1-21-13-14-23(19-10-3-2-9-18(19)21)20(24)16-7-6-8-17(15-16)22-11-4-5-12-22/h2-12,15H,13-14H2,1H3. The van der Waals surface area contributed by atoms with Crippen LogP contribution in [0.2, 0.25) is 0 Å². The van der Waals surface area contributed by atoms with E-state index in [-0.39, 0.29) is 5.91 Å². The maximum atomic E-state index is 13.1. The van der Waals surface area contributed by atoms with E-state index in [9.17, 15) is 4.79 Å². The van der Waals surface area contributed by atoms with E-state index >= 15 is 0 Å². The summed E-state index contributed by atoms with van der Waals surface area (Å²) in [5.41, 5.74) is 3.77. The van der Waals surface area contributed by atoms with E-state index in [0.717, 1.165) is 23.6 Å². The van der Waals surface area contributed by atoms with Gasteiger partial charge in [0.2, 0.25) is 0 Å². The van der Waals surface area contributed by atoms with Crippen LogP contribution in [0.3, 0.4) is 0 Å². The van der Waals surface area contributed by atoms with Gasteiger partial charge in [-0.05, 0) is 42.5 Å². The molecule has 0 saturated heterocycles. The first-order chi connectivity index (χ1) is 11.7. The molecule has 1 aliphatic rings. The van der Waals surface area contributed by atoms with Gasteiger partial charge in [-0.1, -0.05) is 18.2 Å². The summed E-state index contributed by atoms with van der Waals surface area (Å²) in [6, 6.07) is 19.8. The Morgan fingerprint density at radius 1 is 0.875 bits per heavy atom. The fourth-order valence-corrected chi connectivity index (χ4v) is 3.18. The summed E-state index contributed by atoms with van der Waals surface area (Å²) in [5.74, 6) is 0.0459. The van der Waals surface area contributed by atoms with Gasteiger partial charge in [0.1, 0.15) is 0 Å². The number of benzene rings is 2. The summed E-state index contributed by atoms with van der Waals surface area (Å²) in [4.78, 5) is 17.2. The predicted molar refractivity (Wildman–Crippen MR) is 97.2 cm³/mol. The van der Waals surface area contributed by atoms with Gasteiger partial charge in [-0.2, -0.15) is 0 Å². The molecule has 0 unspecified atom stereocenters. The van der Waals surface area contributed by atoms with E-state index in [1.807, 2.05) is 76.5 Å². The smallest absolute Gasteiger partial charge is 0.258 e. The van der Waals surface area contributed by atoms with Crippen LogP contribution in [0.25, 0.3) is 5.69 Å². The Hall–Kier alpha value is -3.01. The summed E-state index contributed by atoms with van der Waals surface area (Å²) in [5, 5.41) is 0. The number of anilines is 2. The minimum absolute atomic E-state index is 0.0459. The molecular weight excluding hydrogens is 298 g/mol. The summed E-state index contributed by atoms with van der Waals surface area (Å²) >= 11 is 0. The molecule has 4 nitrogen and oxygen atoms in total. The highest BCUT2D eigenvalue weighted by atomic mass is 16.2. The van der Waals surface area contributed by atoms with Crippen LogP contribution in [-0.4, -0.2) is 30.6 Å². The average molecular weight is 317 g/mol. The molecule has 4 heteroatoms. The third kappa shape index (κ3) is 2.46. The van der Waals surface area contributed by atoms with Crippen molar-refractivity contribution in [2.75, 3.05) is 29.9 Å². The Labute approximate surface area is 141 Å². The van der Waals surface area contributed by atoms with Crippen LogP contribution in [0.1, 0.15) is 10.4 Å². The number of fused-ring (bicyclic) bond motifs is 1. The van der Waals surface area contributed by atoms with Crippen molar-refractivity contribution < 1.29 is 4.79 Å². The number of carbonyl (C=O) groups is 1. The van der Waals surface area contributed by atoms with Gasteiger partial charge in [-0.3, -0.25) is 4.79 Å². The monoisotopic (exact) mass is 317 g/mol. The molecule has 1 aromatic heterocycles. The van der Waals surface area contributed by atoms with E-state index < -0.39 is 0 Å². The lowest BCUT2D eigenvalue weighted by Gasteiger charge is -2.35. The van der Waals surface area contributed by atoms with Crippen molar-refractivity contribution in [2.24, 2.45) is 0 Å². The highest BCUT2D eigenvalue weighted by Crippen LogP contribution is 2.32. The van der Waals surface area contributed by atoms with Gasteiger partial charge in [0.05, 0.1) is 11.4 Å². The SMILES string of the molecule is CN1CCN(C(=O)c2cccc(-n3cccc3)c2)c2ccccc21. The van der Waals surface area contributed by atoms with Crippen molar-refractivity contribution in [2.45, 2.75) is 0 Å². The first kappa shape index (κ1) is 14.6. The number of likely N-dealkylation sites (N-methyl/N-ethyl adjacent to an activating group) is 1. The molecule has 1 amide bonds. The van der Waals surface area contributed by atoms with Crippen LogP contribution >= 0.6 is 0 Å².